The summed E-state index contributed by atoms with van der Waals surface area (Å²) in [6, 6.07) is 9.70. The molecule has 160 valence electrons. The third kappa shape index (κ3) is 4.82. The van der Waals surface area contributed by atoms with Gasteiger partial charge in [-0.1, -0.05) is 38.8 Å². The third-order valence-electron chi connectivity index (χ3n) is 6.03. The fourth-order valence-corrected chi connectivity index (χ4v) is 3.81. The molecule has 2 aliphatic rings. The maximum Gasteiger partial charge on any atom is 0.351 e. The van der Waals surface area contributed by atoms with Gasteiger partial charge in [0.1, 0.15) is 11.8 Å². The molecule has 0 aliphatic carbocycles. The Morgan fingerprint density at radius 3 is 2.67 bits per heavy atom. The highest BCUT2D eigenvalue weighted by Crippen LogP contribution is 2.33. The molecule has 0 bridgehead atoms. The molecule has 0 atom stereocenters. The Morgan fingerprint density at radius 1 is 1.33 bits per heavy atom. The Morgan fingerprint density at radius 2 is 2.03 bits per heavy atom. The molecule has 0 unspecified atom stereocenters. The van der Waals surface area contributed by atoms with Gasteiger partial charge in [-0.3, -0.25) is 0 Å². The van der Waals surface area contributed by atoms with Crippen molar-refractivity contribution in [3.05, 3.63) is 35.5 Å². The first-order chi connectivity index (χ1) is 14.6. The molecule has 0 spiro atoms. The van der Waals surface area contributed by atoms with Gasteiger partial charge in [-0.15, -0.1) is 0 Å². The molecule has 1 saturated heterocycles. The first-order valence-electron chi connectivity index (χ1n) is 10.8. The molecule has 3 rings (SSSR count). The number of para-hydroxylation sites is 2. The number of fused-ring (bicyclic) bond motifs is 1. The van der Waals surface area contributed by atoms with Gasteiger partial charge in [-0.2, -0.15) is 5.26 Å². The van der Waals surface area contributed by atoms with Gasteiger partial charge in [0, 0.05) is 13.1 Å². The quantitative estimate of drug-likeness (QED) is 0.423. The van der Waals surface area contributed by atoms with Gasteiger partial charge >= 0.3 is 5.97 Å². The van der Waals surface area contributed by atoms with Crippen molar-refractivity contribution in [2.45, 2.75) is 39.5 Å². The number of nitriles is 1. The summed E-state index contributed by atoms with van der Waals surface area (Å²) in [5.41, 5.74) is 7.79. The van der Waals surface area contributed by atoms with Gasteiger partial charge in [0.25, 0.3) is 0 Å². The van der Waals surface area contributed by atoms with Crippen LogP contribution < -0.4 is 11.1 Å². The number of nitrogens with zero attached hydrogens (tertiary/aromatic N) is 3. The van der Waals surface area contributed by atoms with Crippen molar-refractivity contribution in [1.82, 2.24) is 4.90 Å². The van der Waals surface area contributed by atoms with Crippen LogP contribution in [0.2, 0.25) is 0 Å². The minimum atomic E-state index is -0.601. The lowest BCUT2D eigenvalue weighted by atomic mass is 9.96. The lowest BCUT2D eigenvalue weighted by Gasteiger charge is -2.36. The van der Waals surface area contributed by atoms with Crippen molar-refractivity contribution in [2.75, 3.05) is 31.6 Å². The molecule has 2 aliphatic heterocycles. The highest BCUT2D eigenvalue weighted by molar-refractivity contribution is 6.12. The highest BCUT2D eigenvalue weighted by Gasteiger charge is 2.30. The lowest BCUT2D eigenvalue weighted by molar-refractivity contribution is -0.140. The number of hydrogen-bond donors (Lipinski definition) is 2. The van der Waals surface area contributed by atoms with Crippen LogP contribution in [0.1, 0.15) is 39.5 Å². The van der Waals surface area contributed by atoms with Crippen LogP contribution in [0.25, 0.3) is 0 Å². The highest BCUT2D eigenvalue weighted by atomic mass is 16.5. The van der Waals surface area contributed by atoms with Gasteiger partial charge < -0.3 is 20.7 Å². The summed E-state index contributed by atoms with van der Waals surface area (Å²) in [6.45, 7) is 6.71. The van der Waals surface area contributed by atoms with E-state index in [1.807, 2.05) is 24.3 Å². The van der Waals surface area contributed by atoms with Crippen LogP contribution in [-0.2, 0) is 9.53 Å². The molecule has 0 aromatic heterocycles. The molecule has 1 aromatic carbocycles. The SMILES string of the molecule is CCC(CC)COC(=O)/C(C#N)=C1/Nc2ccccc2N=C1N1CCC(CN)CC1. The Kier molecular flexibility index (Phi) is 7.47. The number of likely N-dealkylation sites (tertiary alicyclic amines) is 1. The molecule has 7 nitrogen and oxygen atoms in total. The zero-order chi connectivity index (χ0) is 21.5. The van der Waals surface area contributed by atoms with E-state index < -0.39 is 5.97 Å². The first-order valence-corrected chi connectivity index (χ1v) is 10.8. The molecule has 0 amide bonds. The van der Waals surface area contributed by atoms with Crippen molar-refractivity contribution in [3.63, 3.8) is 0 Å². The number of benzene rings is 1. The number of hydrogen-bond acceptors (Lipinski definition) is 7. The molecular formula is C23H31N5O2. The second-order valence-electron chi connectivity index (χ2n) is 7.89. The number of anilines is 1. The molecule has 3 N–H and O–H groups in total. The van der Waals surface area contributed by atoms with Gasteiger partial charge in [0.05, 0.1) is 18.0 Å². The Balaban J connectivity index is 1.93. The zero-order valence-corrected chi connectivity index (χ0v) is 17.9. The van der Waals surface area contributed by atoms with E-state index in [-0.39, 0.29) is 5.57 Å². The molecule has 1 aromatic rings. The zero-order valence-electron chi connectivity index (χ0n) is 17.9. The Hall–Kier alpha value is -2.85. The van der Waals surface area contributed by atoms with Crippen molar-refractivity contribution in [2.24, 2.45) is 22.6 Å². The lowest BCUT2D eigenvalue weighted by Crippen LogP contribution is -2.43. The summed E-state index contributed by atoms with van der Waals surface area (Å²) in [7, 11) is 0. The van der Waals surface area contributed by atoms with Crippen molar-refractivity contribution >= 4 is 23.2 Å². The van der Waals surface area contributed by atoms with Crippen LogP contribution in [0.15, 0.2) is 40.5 Å². The Labute approximate surface area is 178 Å². The van der Waals surface area contributed by atoms with Gasteiger partial charge in [0.2, 0.25) is 0 Å². The number of esters is 1. The molecule has 30 heavy (non-hydrogen) atoms. The minimum Gasteiger partial charge on any atom is -0.461 e. The monoisotopic (exact) mass is 409 g/mol. The van der Waals surface area contributed by atoms with Gasteiger partial charge in [0.15, 0.2) is 11.4 Å². The number of aliphatic imine (C=N–C) groups is 1. The van der Waals surface area contributed by atoms with Crippen LogP contribution in [0.4, 0.5) is 11.4 Å². The van der Waals surface area contributed by atoms with Crippen LogP contribution in [0.5, 0.6) is 0 Å². The molecule has 7 heteroatoms. The summed E-state index contributed by atoms with van der Waals surface area (Å²) in [6.07, 6.45) is 3.78. The van der Waals surface area contributed by atoms with E-state index in [9.17, 15) is 10.1 Å². The summed E-state index contributed by atoms with van der Waals surface area (Å²) < 4.78 is 5.50. The van der Waals surface area contributed by atoms with Crippen LogP contribution in [0, 0.1) is 23.2 Å². The fourth-order valence-electron chi connectivity index (χ4n) is 3.81. The van der Waals surface area contributed by atoms with Gasteiger partial charge in [-0.05, 0) is 43.4 Å². The number of amidine groups is 1. The maximum absolute atomic E-state index is 12.8. The van der Waals surface area contributed by atoms with Gasteiger partial charge in [-0.25, -0.2) is 9.79 Å². The number of carbonyl (C=O) groups excluding carboxylic acids is 1. The summed E-state index contributed by atoms with van der Waals surface area (Å²) >= 11 is 0. The van der Waals surface area contributed by atoms with E-state index >= 15 is 0 Å². The van der Waals surface area contributed by atoms with E-state index in [0.29, 0.717) is 36.5 Å². The van der Waals surface area contributed by atoms with E-state index in [0.717, 1.165) is 50.1 Å². The van der Waals surface area contributed by atoms with Crippen molar-refractivity contribution in [3.8, 4) is 6.07 Å². The Bertz CT molecular complexity index is 859. The third-order valence-corrected chi connectivity index (χ3v) is 6.03. The van der Waals surface area contributed by atoms with E-state index in [4.69, 9.17) is 15.5 Å². The van der Waals surface area contributed by atoms with E-state index in [1.165, 1.54) is 0 Å². The van der Waals surface area contributed by atoms with Crippen molar-refractivity contribution in [1.29, 1.82) is 5.26 Å². The smallest absolute Gasteiger partial charge is 0.351 e. The summed E-state index contributed by atoms with van der Waals surface area (Å²) in [4.78, 5) is 19.8. The fraction of sp³-hybridized carbons (Fsp3) is 0.522. The minimum absolute atomic E-state index is 0.0323. The summed E-state index contributed by atoms with van der Waals surface area (Å²) in [5.74, 6) is 0.817. The number of piperidine rings is 1. The summed E-state index contributed by atoms with van der Waals surface area (Å²) in [5, 5.41) is 13.1. The standard InChI is InChI=1S/C23H31N5O2/c1-3-16(4-2)15-30-23(29)18(14-25)21-22(28-11-9-17(13-24)10-12-28)27-20-8-6-5-7-19(20)26-21/h5-8,16-17,26H,3-4,9-13,15,24H2,1-2H3/b21-18+. The average molecular weight is 410 g/mol. The first kappa shape index (κ1) is 21.8. The number of carbonyl (C=O) groups is 1. The number of nitrogens with one attached hydrogen (secondary N) is 1. The average Bonchev–Trinajstić information content (AvgIpc) is 2.80. The topological polar surface area (TPSA) is 104 Å². The van der Waals surface area contributed by atoms with Crippen LogP contribution in [0.3, 0.4) is 0 Å². The van der Waals surface area contributed by atoms with Crippen molar-refractivity contribution < 1.29 is 9.53 Å². The second kappa shape index (κ2) is 10.3. The maximum atomic E-state index is 12.8. The molecule has 1 fully saturated rings. The number of nitrogens with two attached hydrogens (primary N) is 1. The number of rotatable bonds is 6. The normalized spacial score (nSPS) is 18.2. The molecular weight excluding hydrogens is 378 g/mol. The predicted molar refractivity (Wildman–Crippen MR) is 118 cm³/mol. The predicted octanol–water partition coefficient (Wildman–Crippen LogP) is 3.57. The largest absolute Gasteiger partial charge is 0.461 e. The molecule has 2 heterocycles. The van der Waals surface area contributed by atoms with E-state index in [2.05, 4.69) is 30.1 Å². The number of ether oxygens (including phenoxy) is 1. The van der Waals surface area contributed by atoms with Crippen LogP contribution >= 0.6 is 0 Å². The van der Waals surface area contributed by atoms with E-state index in [1.54, 1.807) is 0 Å². The second-order valence-corrected chi connectivity index (χ2v) is 7.89. The molecule has 0 radical (unpaired) electrons. The van der Waals surface area contributed by atoms with Crippen LogP contribution in [-0.4, -0.2) is 42.9 Å². The molecule has 0 saturated carbocycles.